The van der Waals surface area contributed by atoms with Crippen LogP contribution in [-0.2, 0) is 4.74 Å². The average Bonchev–Trinajstić information content (AvgIpc) is 2.85. The number of anilines is 2. The van der Waals surface area contributed by atoms with Crippen molar-refractivity contribution in [1.29, 1.82) is 0 Å². The summed E-state index contributed by atoms with van der Waals surface area (Å²) in [4.78, 5) is 15.7. The number of carbonyl (C=O) groups excluding carboxylic acids is 1. The Morgan fingerprint density at radius 2 is 2.30 bits per heavy atom. The second kappa shape index (κ2) is 6.32. The Morgan fingerprint density at radius 3 is 3.00 bits per heavy atom. The van der Waals surface area contributed by atoms with Crippen molar-refractivity contribution < 1.29 is 13.9 Å². The van der Waals surface area contributed by atoms with Gasteiger partial charge in [0.2, 0.25) is 0 Å². The number of nitrogens with zero attached hydrogens (tertiary/aromatic N) is 1. The van der Waals surface area contributed by atoms with E-state index in [9.17, 15) is 9.18 Å². The van der Waals surface area contributed by atoms with Gasteiger partial charge < -0.3 is 10.1 Å². The molecule has 0 fully saturated rings. The fraction of sp³-hybridized carbons (Fsp3) is 0.231. The van der Waals surface area contributed by atoms with Gasteiger partial charge in [-0.1, -0.05) is 0 Å². The van der Waals surface area contributed by atoms with Gasteiger partial charge in [-0.25, -0.2) is 14.2 Å². The molecule has 1 aromatic carbocycles. The number of carbonyl (C=O) groups is 1. The van der Waals surface area contributed by atoms with E-state index >= 15 is 0 Å². The lowest BCUT2D eigenvalue weighted by Crippen LogP contribution is -2.05. The highest BCUT2D eigenvalue weighted by molar-refractivity contribution is 9.10. The lowest BCUT2D eigenvalue weighted by molar-refractivity contribution is 0.0520. The summed E-state index contributed by atoms with van der Waals surface area (Å²) in [6, 6.07) is 3.06. The Labute approximate surface area is 128 Å². The molecule has 4 nitrogen and oxygen atoms in total. The molecular weight excluding hydrogens is 347 g/mol. The van der Waals surface area contributed by atoms with E-state index in [0.29, 0.717) is 16.2 Å². The summed E-state index contributed by atoms with van der Waals surface area (Å²) in [5, 5.41) is 5.23. The first kappa shape index (κ1) is 14.9. The molecule has 0 saturated carbocycles. The minimum absolute atomic E-state index is 0.262. The third kappa shape index (κ3) is 3.34. The topological polar surface area (TPSA) is 51.2 Å². The molecule has 0 radical (unpaired) electrons. The predicted octanol–water partition coefficient (Wildman–Crippen LogP) is 4.27. The number of thiazole rings is 1. The van der Waals surface area contributed by atoms with Crippen molar-refractivity contribution in [3.63, 3.8) is 0 Å². The van der Waals surface area contributed by atoms with Gasteiger partial charge in [-0.2, -0.15) is 0 Å². The van der Waals surface area contributed by atoms with Gasteiger partial charge in [0.05, 0.1) is 11.1 Å². The van der Waals surface area contributed by atoms with Crippen molar-refractivity contribution in [3.8, 4) is 0 Å². The second-order valence-corrected chi connectivity index (χ2v) is 5.68. The maximum atomic E-state index is 13.3. The van der Waals surface area contributed by atoms with Gasteiger partial charge in [0, 0.05) is 11.1 Å². The van der Waals surface area contributed by atoms with Crippen LogP contribution in [0.4, 0.5) is 15.2 Å². The highest BCUT2D eigenvalue weighted by Crippen LogP contribution is 2.28. The van der Waals surface area contributed by atoms with Crippen LogP contribution in [0, 0.1) is 12.7 Å². The first-order valence-electron chi connectivity index (χ1n) is 5.86. The van der Waals surface area contributed by atoms with Crippen LogP contribution in [0.5, 0.6) is 0 Å². The summed E-state index contributed by atoms with van der Waals surface area (Å²) < 4.78 is 18.6. The lowest BCUT2D eigenvalue weighted by atomic mass is 10.2. The Balaban J connectivity index is 2.19. The summed E-state index contributed by atoms with van der Waals surface area (Å²) >= 11 is 4.42. The van der Waals surface area contributed by atoms with E-state index in [1.54, 1.807) is 25.3 Å². The van der Waals surface area contributed by atoms with Crippen LogP contribution in [-0.4, -0.2) is 17.6 Å². The normalized spacial score (nSPS) is 10.4. The predicted molar refractivity (Wildman–Crippen MR) is 80.2 cm³/mol. The van der Waals surface area contributed by atoms with Crippen molar-refractivity contribution in [2.45, 2.75) is 13.8 Å². The number of halogens is 2. The highest BCUT2D eigenvalue weighted by Gasteiger charge is 2.12. The molecule has 0 spiro atoms. The zero-order valence-electron chi connectivity index (χ0n) is 10.9. The smallest absolute Gasteiger partial charge is 0.357 e. The standard InChI is InChI=1S/C13H12BrFN2O2S/c1-3-19-12(18)11-6-20-13(17-11)16-10-5-8(14)9(15)4-7(10)2/h4-6H,3H2,1-2H3,(H,16,17). The highest BCUT2D eigenvalue weighted by atomic mass is 79.9. The van der Waals surface area contributed by atoms with Crippen LogP contribution in [0.15, 0.2) is 22.0 Å². The molecule has 0 aliphatic rings. The number of aryl methyl sites for hydroxylation is 1. The molecule has 1 aromatic heterocycles. The number of nitrogens with one attached hydrogen (secondary N) is 1. The van der Waals surface area contributed by atoms with E-state index in [0.717, 1.165) is 11.3 Å². The molecule has 2 aromatic rings. The van der Waals surface area contributed by atoms with Crippen LogP contribution in [0.25, 0.3) is 0 Å². The molecule has 20 heavy (non-hydrogen) atoms. The van der Waals surface area contributed by atoms with Gasteiger partial charge in [0.25, 0.3) is 0 Å². The van der Waals surface area contributed by atoms with Gasteiger partial charge in [-0.3, -0.25) is 0 Å². The number of aromatic nitrogens is 1. The number of hydrogen-bond acceptors (Lipinski definition) is 5. The molecule has 106 valence electrons. The Hall–Kier alpha value is -1.47. The Bertz CT molecular complexity index is 645. The zero-order valence-corrected chi connectivity index (χ0v) is 13.3. The largest absolute Gasteiger partial charge is 0.461 e. The van der Waals surface area contributed by atoms with Crippen LogP contribution in [0.1, 0.15) is 23.0 Å². The van der Waals surface area contributed by atoms with E-state index in [1.165, 1.54) is 17.4 Å². The van der Waals surface area contributed by atoms with Crippen molar-refractivity contribution in [2.75, 3.05) is 11.9 Å². The first-order valence-corrected chi connectivity index (χ1v) is 7.54. The average molecular weight is 359 g/mol. The van der Waals surface area contributed by atoms with E-state index in [-0.39, 0.29) is 11.5 Å². The Morgan fingerprint density at radius 1 is 1.55 bits per heavy atom. The van der Waals surface area contributed by atoms with Crippen LogP contribution in [0.2, 0.25) is 0 Å². The Kier molecular flexibility index (Phi) is 4.72. The molecule has 0 aliphatic carbocycles. The molecule has 0 atom stereocenters. The van der Waals surface area contributed by atoms with E-state index in [1.807, 2.05) is 0 Å². The van der Waals surface area contributed by atoms with Crippen LogP contribution in [0.3, 0.4) is 0 Å². The van der Waals surface area contributed by atoms with Gasteiger partial charge >= 0.3 is 5.97 Å². The minimum Gasteiger partial charge on any atom is -0.461 e. The van der Waals surface area contributed by atoms with Gasteiger partial charge in [-0.15, -0.1) is 11.3 Å². The van der Waals surface area contributed by atoms with E-state index in [2.05, 4.69) is 26.2 Å². The molecule has 1 heterocycles. The molecule has 1 N–H and O–H groups in total. The zero-order chi connectivity index (χ0) is 14.7. The van der Waals surface area contributed by atoms with Gasteiger partial charge in [0.1, 0.15) is 5.82 Å². The fourth-order valence-corrected chi connectivity index (χ4v) is 2.56. The number of hydrogen-bond donors (Lipinski definition) is 1. The molecular formula is C13H12BrFN2O2S. The van der Waals surface area contributed by atoms with Crippen molar-refractivity contribution in [3.05, 3.63) is 39.1 Å². The monoisotopic (exact) mass is 358 g/mol. The second-order valence-electron chi connectivity index (χ2n) is 3.96. The summed E-state index contributed by atoms with van der Waals surface area (Å²) in [6.45, 7) is 3.84. The number of ether oxygens (including phenoxy) is 1. The van der Waals surface area contributed by atoms with Crippen molar-refractivity contribution in [2.24, 2.45) is 0 Å². The molecule has 2 rings (SSSR count). The maximum absolute atomic E-state index is 13.3. The summed E-state index contributed by atoms with van der Waals surface area (Å²) in [5.74, 6) is -0.770. The van der Waals surface area contributed by atoms with Crippen LogP contribution >= 0.6 is 27.3 Å². The lowest BCUT2D eigenvalue weighted by Gasteiger charge is -2.08. The number of benzene rings is 1. The molecule has 0 bridgehead atoms. The maximum Gasteiger partial charge on any atom is 0.357 e. The van der Waals surface area contributed by atoms with Gasteiger partial charge in [-0.05, 0) is 47.5 Å². The third-order valence-corrected chi connectivity index (χ3v) is 3.86. The summed E-state index contributed by atoms with van der Waals surface area (Å²) in [5.41, 5.74) is 1.74. The quantitative estimate of drug-likeness (QED) is 0.829. The first-order chi connectivity index (χ1) is 9.51. The van der Waals surface area contributed by atoms with E-state index in [4.69, 9.17) is 4.74 Å². The fourth-order valence-electron chi connectivity index (χ4n) is 1.53. The van der Waals surface area contributed by atoms with Crippen molar-refractivity contribution >= 4 is 44.1 Å². The molecule has 0 amide bonds. The van der Waals surface area contributed by atoms with Crippen LogP contribution < -0.4 is 5.32 Å². The summed E-state index contributed by atoms with van der Waals surface area (Å²) in [6.07, 6.45) is 0. The SMILES string of the molecule is CCOC(=O)c1csc(Nc2cc(Br)c(F)cc2C)n1. The van der Waals surface area contributed by atoms with Crippen molar-refractivity contribution in [1.82, 2.24) is 4.98 Å². The number of rotatable bonds is 4. The minimum atomic E-state index is -0.450. The molecule has 0 saturated heterocycles. The molecule has 0 aliphatic heterocycles. The molecule has 7 heteroatoms. The summed E-state index contributed by atoms with van der Waals surface area (Å²) in [7, 11) is 0. The molecule has 0 unspecified atom stereocenters. The van der Waals surface area contributed by atoms with E-state index < -0.39 is 5.97 Å². The number of esters is 1. The third-order valence-electron chi connectivity index (χ3n) is 2.50. The van der Waals surface area contributed by atoms with Gasteiger partial charge in [0.15, 0.2) is 10.8 Å².